The van der Waals surface area contributed by atoms with Crippen LogP contribution < -0.4 is 4.74 Å². The predicted octanol–water partition coefficient (Wildman–Crippen LogP) is 3.35. The van der Waals surface area contributed by atoms with Crippen LogP contribution in [0.3, 0.4) is 0 Å². The van der Waals surface area contributed by atoms with Gasteiger partial charge in [0, 0.05) is 7.11 Å². The third kappa shape index (κ3) is 3.72. The fraction of sp³-hybridized carbons (Fsp3) is 0.278. The molecule has 4 heteroatoms. The van der Waals surface area contributed by atoms with Crippen molar-refractivity contribution in [3.05, 3.63) is 54.1 Å². The van der Waals surface area contributed by atoms with Gasteiger partial charge in [-0.15, -0.1) is 0 Å². The Morgan fingerprint density at radius 3 is 1.91 bits per heavy atom. The molecule has 0 aromatic heterocycles. The zero-order valence-corrected chi connectivity index (χ0v) is 12.9. The largest absolute Gasteiger partial charge is 0.429 e. The van der Waals surface area contributed by atoms with Gasteiger partial charge in [-0.05, 0) is 42.7 Å². The highest BCUT2D eigenvalue weighted by molar-refractivity contribution is 5.65. The van der Waals surface area contributed by atoms with Crippen LogP contribution in [0.15, 0.2) is 48.5 Å². The number of benzene rings is 2. The Bertz CT molecular complexity index is 609. The number of methoxy groups -OCH3 is 1. The molecule has 0 fully saturated rings. The summed E-state index contributed by atoms with van der Waals surface area (Å²) in [7, 11) is 1.59. The normalized spacial score (nSPS) is 12.7. The Hall–Kier alpha value is -2.17. The average molecular weight is 300 g/mol. The maximum absolute atomic E-state index is 10.3. The van der Waals surface area contributed by atoms with E-state index in [0.717, 1.165) is 16.7 Å². The first-order valence-corrected chi connectivity index (χ1v) is 7.01. The number of ether oxygens (including phenoxy) is 2. The van der Waals surface area contributed by atoms with E-state index in [4.69, 9.17) is 9.47 Å². The summed E-state index contributed by atoms with van der Waals surface area (Å²) in [6.07, 6.45) is -0.384. The zero-order valence-electron chi connectivity index (χ0n) is 12.9. The van der Waals surface area contributed by atoms with Crippen LogP contribution in [0.4, 0.5) is 0 Å². The van der Waals surface area contributed by atoms with Crippen LogP contribution in [-0.4, -0.2) is 24.3 Å². The minimum Gasteiger partial charge on any atom is -0.429 e. The predicted molar refractivity (Wildman–Crippen MR) is 84.6 cm³/mol. The zero-order chi connectivity index (χ0) is 16.2. The van der Waals surface area contributed by atoms with Crippen LogP contribution in [0.1, 0.15) is 25.5 Å². The molecule has 0 aliphatic carbocycles. The molecular formula is C18H20O4. The molecule has 0 aliphatic heterocycles. The van der Waals surface area contributed by atoms with Crippen molar-refractivity contribution in [3.63, 3.8) is 0 Å². The maximum atomic E-state index is 10.3. The summed E-state index contributed by atoms with van der Waals surface area (Å²) in [6.45, 7) is 3.85. The molecule has 0 saturated heterocycles. The van der Waals surface area contributed by atoms with Gasteiger partial charge in [-0.2, -0.15) is 0 Å². The van der Waals surface area contributed by atoms with Gasteiger partial charge >= 0.3 is 0 Å². The van der Waals surface area contributed by atoms with Crippen LogP contribution in [0.2, 0.25) is 0 Å². The Labute approximate surface area is 130 Å². The molecular weight excluding hydrogens is 280 g/mol. The Morgan fingerprint density at radius 2 is 1.50 bits per heavy atom. The molecule has 1 atom stereocenters. The van der Waals surface area contributed by atoms with Crippen molar-refractivity contribution in [1.82, 2.24) is 0 Å². The molecule has 22 heavy (non-hydrogen) atoms. The third-order valence-corrected chi connectivity index (χ3v) is 3.46. The Balaban J connectivity index is 2.22. The molecule has 2 rings (SSSR count). The van der Waals surface area contributed by atoms with E-state index in [-0.39, 0.29) is 6.10 Å². The summed E-state index contributed by atoms with van der Waals surface area (Å²) in [5, 5.41) is 10.1. The van der Waals surface area contributed by atoms with Gasteiger partial charge in [0.05, 0.1) is 5.60 Å². The molecule has 116 valence electrons. The van der Waals surface area contributed by atoms with Gasteiger partial charge in [0.2, 0.25) is 0 Å². The molecule has 4 nitrogen and oxygen atoms in total. The summed E-state index contributed by atoms with van der Waals surface area (Å²) in [4.78, 5) is 10.3. The fourth-order valence-electron chi connectivity index (χ4n) is 2.46. The van der Waals surface area contributed by atoms with Crippen LogP contribution >= 0.6 is 0 Å². The second-order valence-corrected chi connectivity index (χ2v) is 5.63. The monoisotopic (exact) mass is 300 g/mol. The summed E-state index contributed by atoms with van der Waals surface area (Å²) in [6, 6.07) is 15.1. The van der Waals surface area contributed by atoms with E-state index in [1.54, 1.807) is 33.1 Å². The number of hydrogen-bond acceptors (Lipinski definition) is 4. The molecule has 0 aliphatic rings. The van der Waals surface area contributed by atoms with Crippen molar-refractivity contribution in [2.75, 3.05) is 7.11 Å². The molecule has 0 spiro atoms. The number of aliphatic hydroxyl groups is 1. The van der Waals surface area contributed by atoms with Crippen LogP contribution in [-0.2, 0) is 9.53 Å². The number of carbonyl (C=O) groups excluding carboxylic acids is 1. The van der Waals surface area contributed by atoms with Gasteiger partial charge in [0.15, 0.2) is 0 Å². The van der Waals surface area contributed by atoms with E-state index in [9.17, 15) is 9.90 Å². The topological polar surface area (TPSA) is 55.8 Å². The minimum atomic E-state index is -0.954. The number of hydrogen-bond donors (Lipinski definition) is 1. The van der Waals surface area contributed by atoms with E-state index in [2.05, 4.69) is 0 Å². The lowest BCUT2D eigenvalue weighted by Gasteiger charge is -2.28. The second-order valence-electron chi connectivity index (χ2n) is 5.63. The first-order valence-electron chi connectivity index (χ1n) is 7.01. The van der Waals surface area contributed by atoms with Crippen LogP contribution in [0, 0.1) is 0 Å². The van der Waals surface area contributed by atoms with Gasteiger partial charge in [0.25, 0.3) is 6.47 Å². The standard InChI is InChI=1S/C18H20O4/c1-18(2,20)17(21-3)15-6-4-13(5-7-15)14-8-10-16(11-9-14)22-12-19/h4-12,17,20H,1-3H3. The molecule has 1 unspecified atom stereocenters. The molecule has 2 aromatic rings. The van der Waals surface area contributed by atoms with E-state index in [0.29, 0.717) is 12.2 Å². The lowest BCUT2D eigenvalue weighted by atomic mass is 9.93. The molecule has 1 N–H and O–H groups in total. The maximum Gasteiger partial charge on any atom is 0.298 e. The Morgan fingerprint density at radius 1 is 1.00 bits per heavy atom. The summed E-state index contributed by atoms with van der Waals surface area (Å²) >= 11 is 0. The van der Waals surface area contributed by atoms with E-state index >= 15 is 0 Å². The lowest BCUT2D eigenvalue weighted by molar-refractivity contribution is -0.120. The van der Waals surface area contributed by atoms with Crippen molar-refractivity contribution in [2.45, 2.75) is 25.6 Å². The first kappa shape index (κ1) is 16.2. The van der Waals surface area contributed by atoms with Gasteiger partial charge in [-0.3, -0.25) is 4.79 Å². The fourth-order valence-corrected chi connectivity index (χ4v) is 2.46. The molecule has 0 heterocycles. The molecule has 2 aromatic carbocycles. The number of rotatable bonds is 6. The van der Waals surface area contributed by atoms with Gasteiger partial charge in [-0.1, -0.05) is 36.4 Å². The van der Waals surface area contributed by atoms with E-state index in [1.165, 1.54) is 0 Å². The smallest absolute Gasteiger partial charge is 0.298 e. The molecule has 0 amide bonds. The van der Waals surface area contributed by atoms with Crippen molar-refractivity contribution in [2.24, 2.45) is 0 Å². The minimum absolute atomic E-state index is 0.384. The van der Waals surface area contributed by atoms with E-state index < -0.39 is 5.60 Å². The summed E-state index contributed by atoms with van der Waals surface area (Å²) < 4.78 is 10.2. The van der Waals surface area contributed by atoms with Crippen molar-refractivity contribution >= 4 is 6.47 Å². The molecule has 0 bridgehead atoms. The van der Waals surface area contributed by atoms with Crippen molar-refractivity contribution < 1.29 is 19.4 Å². The van der Waals surface area contributed by atoms with Gasteiger partial charge < -0.3 is 14.6 Å². The SMILES string of the molecule is COC(c1ccc(-c2ccc(OC=O)cc2)cc1)C(C)(C)O. The Kier molecular flexibility index (Phi) is 4.96. The summed E-state index contributed by atoms with van der Waals surface area (Å²) in [5.74, 6) is 0.511. The lowest BCUT2D eigenvalue weighted by Crippen LogP contribution is -2.30. The van der Waals surface area contributed by atoms with Crippen LogP contribution in [0.25, 0.3) is 11.1 Å². The first-order chi connectivity index (χ1) is 10.5. The van der Waals surface area contributed by atoms with E-state index in [1.807, 2.05) is 36.4 Å². The number of carbonyl (C=O) groups is 1. The highest BCUT2D eigenvalue weighted by atomic mass is 16.5. The second kappa shape index (κ2) is 6.73. The average Bonchev–Trinajstić information content (AvgIpc) is 2.48. The molecule has 0 saturated carbocycles. The van der Waals surface area contributed by atoms with Crippen molar-refractivity contribution in [3.8, 4) is 16.9 Å². The quantitative estimate of drug-likeness (QED) is 0.831. The molecule has 0 radical (unpaired) electrons. The van der Waals surface area contributed by atoms with Crippen molar-refractivity contribution in [1.29, 1.82) is 0 Å². The highest BCUT2D eigenvalue weighted by Gasteiger charge is 2.28. The third-order valence-electron chi connectivity index (χ3n) is 3.46. The van der Waals surface area contributed by atoms with Gasteiger partial charge in [-0.25, -0.2) is 0 Å². The van der Waals surface area contributed by atoms with Crippen LogP contribution in [0.5, 0.6) is 5.75 Å². The van der Waals surface area contributed by atoms with Gasteiger partial charge in [0.1, 0.15) is 11.9 Å². The highest BCUT2D eigenvalue weighted by Crippen LogP contribution is 2.30. The summed E-state index contributed by atoms with van der Waals surface area (Å²) in [5.41, 5.74) is 2.01.